The first-order valence-corrected chi connectivity index (χ1v) is 8.68. The van der Waals surface area contributed by atoms with E-state index in [0.29, 0.717) is 12.4 Å². The van der Waals surface area contributed by atoms with Crippen LogP contribution in [-0.2, 0) is 9.84 Å². The minimum Gasteiger partial charge on any atom is -0.355 e. The molecule has 0 heterocycles. The van der Waals surface area contributed by atoms with E-state index in [9.17, 15) is 8.42 Å². The van der Waals surface area contributed by atoms with E-state index in [1.165, 1.54) is 6.26 Å². The molecule has 0 aliphatic carbocycles. The van der Waals surface area contributed by atoms with Gasteiger partial charge in [0.05, 0.1) is 5.75 Å². The summed E-state index contributed by atoms with van der Waals surface area (Å²) in [5.74, 6) is 0.905. The van der Waals surface area contributed by atoms with Gasteiger partial charge in [0.25, 0.3) is 0 Å². The van der Waals surface area contributed by atoms with Crippen molar-refractivity contribution in [2.24, 2.45) is 4.99 Å². The normalized spacial score (nSPS) is 13.8. The number of hydrogen-bond donors (Lipinski definition) is 2. The molecule has 0 aromatic heterocycles. The average molecular weight is 420 g/mol. The van der Waals surface area contributed by atoms with Gasteiger partial charge < -0.3 is 15.5 Å². The zero-order chi connectivity index (χ0) is 14.9. The van der Waals surface area contributed by atoms with Crippen LogP contribution in [0, 0.1) is 0 Å². The van der Waals surface area contributed by atoms with Gasteiger partial charge in [-0.15, -0.1) is 24.0 Å². The van der Waals surface area contributed by atoms with Gasteiger partial charge >= 0.3 is 0 Å². The molecule has 0 saturated carbocycles. The summed E-state index contributed by atoms with van der Waals surface area (Å²) >= 11 is 0. The topological polar surface area (TPSA) is 73.8 Å². The summed E-state index contributed by atoms with van der Waals surface area (Å²) in [6.07, 6.45) is 1.84. The predicted molar refractivity (Wildman–Crippen MR) is 96.9 cm³/mol. The van der Waals surface area contributed by atoms with E-state index in [0.717, 1.165) is 19.6 Å². The highest BCUT2D eigenvalue weighted by atomic mass is 127. The fourth-order valence-electron chi connectivity index (χ4n) is 1.41. The van der Waals surface area contributed by atoms with Crippen molar-refractivity contribution < 1.29 is 8.42 Å². The standard InChI is InChI=1S/C12H28N4O2S.HI/c1-6-16(4)9-8-14-12(13-3)15-11(2)7-10-19(5,17)18;/h11H,6-10H2,1-5H3,(H2,13,14,15);1H. The molecule has 0 aromatic carbocycles. The molecule has 0 amide bonds. The number of aliphatic imine (C=N–C) groups is 1. The molecule has 6 nitrogen and oxygen atoms in total. The summed E-state index contributed by atoms with van der Waals surface area (Å²) in [5.41, 5.74) is 0. The van der Waals surface area contributed by atoms with Crippen LogP contribution in [0.2, 0.25) is 0 Å². The van der Waals surface area contributed by atoms with Crippen LogP contribution in [0.25, 0.3) is 0 Å². The Balaban J connectivity index is 0. The van der Waals surface area contributed by atoms with E-state index in [1.54, 1.807) is 7.05 Å². The van der Waals surface area contributed by atoms with Gasteiger partial charge in [0.15, 0.2) is 5.96 Å². The van der Waals surface area contributed by atoms with Crippen molar-refractivity contribution in [2.45, 2.75) is 26.3 Å². The maximum atomic E-state index is 11.1. The summed E-state index contributed by atoms with van der Waals surface area (Å²) in [4.78, 5) is 6.32. The van der Waals surface area contributed by atoms with Crippen LogP contribution in [-0.4, -0.2) is 71.1 Å². The van der Waals surface area contributed by atoms with Gasteiger partial charge in [0.2, 0.25) is 0 Å². The molecule has 0 aliphatic heterocycles. The molecule has 8 heteroatoms. The van der Waals surface area contributed by atoms with Crippen molar-refractivity contribution in [3.8, 4) is 0 Å². The average Bonchev–Trinajstić information content (AvgIpc) is 2.34. The number of rotatable bonds is 8. The number of halogens is 1. The lowest BCUT2D eigenvalue weighted by Crippen LogP contribution is -2.44. The van der Waals surface area contributed by atoms with E-state index < -0.39 is 9.84 Å². The lowest BCUT2D eigenvalue weighted by Gasteiger charge is -2.19. The van der Waals surface area contributed by atoms with Crippen LogP contribution < -0.4 is 10.6 Å². The second kappa shape index (κ2) is 11.6. The lowest BCUT2D eigenvalue weighted by molar-refractivity contribution is 0.357. The second-order valence-electron chi connectivity index (χ2n) is 4.86. The minimum absolute atomic E-state index is 0. The van der Waals surface area contributed by atoms with Crippen LogP contribution >= 0.6 is 24.0 Å². The van der Waals surface area contributed by atoms with E-state index in [2.05, 4.69) is 34.5 Å². The number of nitrogens with zero attached hydrogens (tertiary/aromatic N) is 2. The Hall–Kier alpha value is -0.0900. The number of guanidine groups is 1. The first kappa shape index (κ1) is 22.2. The summed E-state index contributed by atoms with van der Waals surface area (Å²) in [5, 5.41) is 6.40. The Bertz CT molecular complexity index is 374. The fourth-order valence-corrected chi connectivity index (χ4v) is 2.20. The monoisotopic (exact) mass is 420 g/mol. The van der Waals surface area contributed by atoms with Crippen molar-refractivity contribution in [3.05, 3.63) is 0 Å². The molecular formula is C12H29IN4O2S. The first-order valence-electron chi connectivity index (χ1n) is 6.62. The van der Waals surface area contributed by atoms with E-state index in [4.69, 9.17) is 0 Å². The maximum Gasteiger partial charge on any atom is 0.191 e. The van der Waals surface area contributed by atoms with E-state index >= 15 is 0 Å². The molecule has 0 rings (SSSR count). The number of sulfone groups is 1. The van der Waals surface area contributed by atoms with Crippen molar-refractivity contribution in [3.63, 3.8) is 0 Å². The van der Waals surface area contributed by atoms with Crippen LogP contribution in [0.15, 0.2) is 4.99 Å². The van der Waals surface area contributed by atoms with Gasteiger partial charge in [-0.2, -0.15) is 0 Å². The third-order valence-electron chi connectivity index (χ3n) is 2.85. The van der Waals surface area contributed by atoms with Gasteiger partial charge in [-0.05, 0) is 26.9 Å². The van der Waals surface area contributed by atoms with Crippen molar-refractivity contribution in [1.82, 2.24) is 15.5 Å². The molecule has 0 saturated heterocycles. The van der Waals surface area contributed by atoms with Gasteiger partial charge in [-0.25, -0.2) is 8.42 Å². The van der Waals surface area contributed by atoms with Crippen LogP contribution in [0.3, 0.4) is 0 Å². The lowest BCUT2D eigenvalue weighted by atomic mass is 10.3. The largest absolute Gasteiger partial charge is 0.355 e. The number of likely N-dealkylation sites (N-methyl/N-ethyl adjacent to an activating group) is 1. The molecule has 0 bridgehead atoms. The highest BCUT2D eigenvalue weighted by Gasteiger charge is 2.09. The first-order chi connectivity index (χ1) is 8.78. The van der Waals surface area contributed by atoms with Gasteiger partial charge in [-0.3, -0.25) is 4.99 Å². The molecule has 1 unspecified atom stereocenters. The minimum atomic E-state index is -2.90. The maximum absolute atomic E-state index is 11.1. The van der Waals surface area contributed by atoms with Crippen molar-refractivity contribution in [1.29, 1.82) is 0 Å². The summed E-state index contributed by atoms with van der Waals surface area (Å²) in [7, 11) is 0.872. The predicted octanol–water partition coefficient (Wildman–Crippen LogP) is 0.544. The van der Waals surface area contributed by atoms with Crippen LogP contribution in [0.1, 0.15) is 20.3 Å². The molecule has 20 heavy (non-hydrogen) atoms. The van der Waals surface area contributed by atoms with Crippen molar-refractivity contribution >= 4 is 39.8 Å². The molecule has 0 aromatic rings. The molecule has 0 aliphatic rings. The summed E-state index contributed by atoms with van der Waals surface area (Å²) < 4.78 is 22.2. The van der Waals surface area contributed by atoms with Gasteiger partial charge in [0, 0.05) is 32.4 Å². The molecule has 0 spiro atoms. The molecule has 122 valence electrons. The Labute approximate surface area is 140 Å². The Morgan fingerprint density at radius 1 is 1.40 bits per heavy atom. The smallest absolute Gasteiger partial charge is 0.191 e. The van der Waals surface area contributed by atoms with Gasteiger partial charge in [-0.1, -0.05) is 6.92 Å². The highest BCUT2D eigenvalue weighted by molar-refractivity contribution is 14.0. The molecule has 0 radical (unpaired) electrons. The zero-order valence-electron chi connectivity index (χ0n) is 13.1. The number of nitrogens with one attached hydrogen (secondary N) is 2. The van der Waals surface area contributed by atoms with Crippen LogP contribution in [0.4, 0.5) is 0 Å². The third-order valence-corrected chi connectivity index (χ3v) is 3.83. The summed E-state index contributed by atoms with van der Waals surface area (Å²) in [6, 6.07) is 0.0739. The van der Waals surface area contributed by atoms with Gasteiger partial charge in [0.1, 0.15) is 9.84 Å². The Morgan fingerprint density at radius 2 is 2.00 bits per heavy atom. The molecule has 0 fully saturated rings. The molecule has 2 N–H and O–H groups in total. The summed E-state index contributed by atoms with van der Waals surface area (Å²) in [6.45, 7) is 6.83. The Morgan fingerprint density at radius 3 is 2.45 bits per heavy atom. The Kier molecular flexibility index (Phi) is 12.8. The van der Waals surface area contributed by atoms with Crippen molar-refractivity contribution in [2.75, 3.05) is 45.7 Å². The highest BCUT2D eigenvalue weighted by Crippen LogP contribution is 1.95. The quantitative estimate of drug-likeness (QED) is 0.341. The third kappa shape index (κ3) is 12.9. The van der Waals surface area contributed by atoms with E-state index in [-0.39, 0.29) is 35.8 Å². The van der Waals surface area contributed by atoms with Crippen LogP contribution in [0.5, 0.6) is 0 Å². The SMILES string of the molecule is CCN(C)CCNC(=NC)NC(C)CCS(C)(=O)=O.I. The second-order valence-corrected chi connectivity index (χ2v) is 7.12. The zero-order valence-corrected chi connectivity index (χ0v) is 16.3. The van der Waals surface area contributed by atoms with E-state index in [1.807, 2.05) is 6.92 Å². The molecule has 1 atom stereocenters. The fraction of sp³-hybridized carbons (Fsp3) is 0.917. The number of hydrogen-bond acceptors (Lipinski definition) is 4. The molecular weight excluding hydrogens is 391 g/mol.